The third kappa shape index (κ3) is 4.47. The van der Waals surface area contributed by atoms with Gasteiger partial charge in [0.15, 0.2) is 0 Å². The predicted octanol–water partition coefficient (Wildman–Crippen LogP) is 2.92. The van der Waals surface area contributed by atoms with Gasteiger partial charge in [-0.1, -0.05) is 43.0 Å². The van der Waals surface area contributed by atoms with E-state index in [4.69, 9.17) is 9.47 Å². The molecule has 2 nitrogen and oxygen atoms in total. The van der Waals surface area contributed by atoms with Crippen molar-refractivity contribution < 1.29 is 9.47 Å². The maximum atomic E-state index is 5.59. The number of hydrogen-bond acceptors (Lipinski definition) is 2. The first-order valence-electron chi connectivity index (χ1n) is 4.87. The van der Waals surface area contributed by atoms with E-state index in [1.807, 2.05) is 30.3 Å². The van der Waals surface area contributed by atoms with Gasteiger partial charge in [0.1, 0.15) is 12.7 Å². The zero-order chi connectivity index (χ0) is 10.9. The van der Waals surface area contributed by atoms with Crippen LogP contribution in [0.15, 0.2) is 55.8 Å². The summed E-state index contributed by atoms with van der Waals surface area (Å²) in [5, 5.41) is 0. The summed E-state index contributed by atoms with van der Waals surface area (Å²) in [5.74, 6) is 0. The summed E-state index contributed by atoms with van der Waals surface area (Å²) >= 11 is 0. The maximum absolute atomic E-state index is 5.59. The first-order valence-corrected chi connectivity index (χ1v) is 4.87. The van der Waals surface area contributed by atoms with E-state index in [1.54, 1.807) is 6.08 Å². The Morgan fingerprint density at radius 1 is 1.20 bits per heavy atom. The van der Waals surface area contributed by atoms with E-state index < -0.39 is 0 Å². The van der Waals surface area contributed by atoms with Crippen molar-refractivity contribution in [1.29, 1.82) is 0 Å². The molecule has 2 heteroatoms. The Balaban J connectivity index is 2.34. The van der Waals surface area contributed by atoms with E-state index in [0.717, 1.165) is 5.56 Å². The Morgan fingerprint density at radius 2 is 1.93 bits per heavy atom. The molecule has 0 fully saturated rings. The van der Waals surface area contributed by atoms with Crippen LogP contribution in [0.25, 0.3) is 0 Å². The van der Waals surface area contributed by atoms with Crippen LogP contribution >= 0.6 is 0 Å². The molecular weight excluding hydrogens is 188 g/mol. The number of rotatable bonds is 7. The second-order valence-corrected chi connectivity index (χ2v) is 3.07. The van der Waals surface area contributed by atoms with Crippen LogP contribution in [-0.2, 0) is 16.1 Å². The van der Waals surface area contributed by atoms with Gasteiger partial charge in [0.05, 0.1) is 12.9 Å². The second-order valence-electron chi connectivity index (χ2n) is 3.07. The second kappa shape index (κ2) is 6.85. The maximum Gasteiger partial charge on any atom is 0.117 e. The molecule has 0 radical (unpaired) electrons. The Kier molecular flexibility index (Phi) is 5.26. The number of benzene rings is 1. The topological polar surface area (TPSA) is 18.5 Å². The lowest BCUT2D eigenvalue weighted by molar-refractivity contribution is 0.0273. The molecule has 0 aromatic heterocycles. The highest BCUT2D eigenvalue weighted by molar-refractivity contribution is 5.13. The standard InChI is InChI=1S/C13H16O2/c1-3-13(11-14-4-2)15-10-12-8-6-5-7-9-12/h3-9,13H,1-2,10-11H2. The van der Waals surface area contributed by atoms with Crippen molar-refractivity contribution in [2.75, 3.05) is 6.61 Å². The number of ether oxygens (including phenoxy) is 2. The average molecular weight is 204 g/mol. The van der Waals surface area contributed by atoms with Crippen LogP contribution in [-0.4, -0.2) is 12.7 Å². The van der Waals surface area contributed by atoms with Gasteiger partial charge < -0.3 is 9.47 Å². The Morgan fingerprint density at radius 3 is 2.53 bits per heavy atom. The van der Waals surface area contributed by atoms with Crippen molar-refractivity contribution in [1.82, 2.24) is 0 Å². The fourth-order valence-corrected chi connectivity index (χ4v) is 1.12. The molecule has 0 bridgehead atoms. The highest BCUT2D eigenvalue weighted by Crippen LogP contribution is 2.04. The minimum absolute atomic E-state index is 0.0943. The summed E-state index contributed by atoms with van der Waals surface area (Å²) < 4.78 is 10.6. The fraction of sp³-hybridized carbons (Fsp3) is 0.231. The SMILES string of the molecule is C=COCC(C=C)OCc1ccccc1. The lowest BCUT2D eigenvalue weighted by Gasteiger charge is -2.13. The van der Waals surface area contributed by atoms with E-state index in [9.17, 15) is 0 Å². The Labute approximate surface area is 90.8 Å². The molecule has 80 valence electrons. The monoisotopic (exact) mass is 204 g/mol. The molecule has 0 amide bonds. The Hall–Kier alpha value is -1.54. The third-order valence-corrected chi connectivity index (χ3v) is 1.95. The fourth-order valence-electron chi connectivity index (χ4n) is 1.12. The van der Waals surface area contributed by atoms with Gasteiger partial charge >= 0.3 is 0 Å². The van der Waals surface area contributed by atoms with Gasteiger partial charge in [0, 0.05) is 0 Å². The van der Waals surface area contributed by atoms with Crippen LogP contribution in [0.3, 0.4) is 0 Å². The highest BCUT2D eigenvalue weighted by atomic mass is 16.5. The minimum Gasteiger partial charge on any atom is -0.499 e. The molecule has 1 atom stereocenters. The molecule has 0 aliphatic heterocycles. The summed E-state index contributed by atoms with van der Waals surface area (Å²) in [5.41, 5.74) is 1.14. The van der Waals surface area contributed by atoms with Gasteiger partial charge in [-0.2, -0.15) is 0 Å². The molecule has 1 unspecified atom stereocenters. The normalized spacial score (nSPS) is 11.7. The van der Waals surface area contributed by atoms with E-state index in [0.29, 0.717) is 13.2 Å². The predicted molar refractivity (Wildman–Crippen MR) is 61.4 cm³/mol. The zero-order valence-corrected chi connectivity index (χ0v) is 8.76. The molecule has 0 aliphatic carbocycles. The Bertz CT molecular complexity index is 293. The lowest BCUT2D eigenvalue weighted by Crippen LogP contribution is -2.15. The van der Waals surface area contributed by atoms with Gasteiger partial charge in [0.2, 0.25) is 0 Å². The third-order valence-electron chi connectivity index (χ3n) is 1.95. The van der Waals surface area contributed by atoms with Crippen molar-refractivity contribution in [3.63, 3.8) is 0 Å². The summed E-state index contributed by atoms with van der Waals surface area (Å²) in [7, 11) is 0. The van der Waals surface area contributed by atoms with E-state index in [2.05, 4.69) is 13.2 Å². The molecule has 0 N–H and O–H groups in total. The highest BCUT2D eigenvalue weighted by Gasteiger charge is 2.03. The first-order chi connectivity index (χ1) is 7.36. The molecule has 0 spiro atoms. The minimum atomic E-state index is -0.0943. The van der Waals surface area contributed by atoms with Crippen molar-refractivity contribution in [3.05, 3.63) is 61.4 Å². The van der Waals surface area contributed by atoms with Crippen molar-refractivity contribution in [3.8, 4) is 0 Å². The van der Waals surface area contributed by atoms with Crippen LogP contribution in [0.4, 0.5) is 0 Å². The van der Waals surface area contributed by atoms with Gasteiger partial charge in [-0.25, -0.2) is 0 Å². The zero-order valence-electron chi connectivity index (χ0n) is 8.76. The summed E-state index contributed by atoms with van der Waals surface area (Å²) in [6.07, 6.45) is 3.04. The molecule has 1 aromatic carbocycles. The lowest BCUT2D eigenvalue weighted by atomic mass is 10.2. The van der Waals surface area contributed by atoms with Gasteiger partial charge in [-0.3, -0.25) is 0 Å². The van der Waals surface area contributed by atoms with Crippen molar-refractivity contribution in [2.45, 2.75) is 12.7 Å². The number of hydrogen-bond donors (Lipinski definition) is 0. The van der Waals surface area contributed by atoms with Gasteiger partial charge in [-0.05, 0) is 5.56 Å². The van der Waals surface area contributed by atoms with Crippen LogP contribution in [0, 0.1) is 0 Å². The molecule has 0 saturated heterocycles. The van der Waals surface area contributed by atoms with Crippen LogP contribution in [0.5, 0.6) is 0 Å². The molecule has 0 heterocycles. The molecule has 1 aromatic rings. The molecular formula is C13H16O2. The van der Waals surface area contributed by atoms with Gasteiger partial charge in [0.25, 0.3) is 0 Å². The van der Waals surface area contributed by atoms with E-state index in [-0.39, 0.29) is 6.10 Å². The average Bonchev–Trinajstić information content (AvgIpc) is 2.31. The van der Waals surface area contributed by atoms with Gasteiger partial charge in [-0.15, -0.1) is 6.58 Å². The summed E-state index contributed by atoms with van der Waals surface area (Å²) in [6.45, 7) is 8.19. The first kappa shape index (κ1) is 11.5. The quantitative estimate of drug-likeness (QED) is 0.502. The molecule has 0 saturated carbocycles. The van der Waals surface area contributed by atoms with E-state index >= 15 is 0 Å². The molecule has 1 rings (SSSR count). The summed E-state index contributed by atoms with van der Waals surface area (Å²) in [6, 6.07) is 10.0. The smallest absolute Gasteiger partial charge is 0.117 e. The van der Waals surface area contributed by atoms with Crippen molar-refractivity contribution in [2.24, 2.45) is 0 Å². The van der Waals surface area contributed by atoms with Crippen molar-refractivity contribution >= 4 is 0 Å². The van der Waals surface area contributed by atoms with E-state index in [1.165, 1.54) is 6.26 Å². The largest absolute Gasteiger partial charge is 0.499 e. The summed E-state index contributed by atoms with van der Waals surface area (Å²) in [4.78, 5) is 0. The van der Waals surface area contributed by atoms with Crippen LogP contribution in [0.1, 0.15) is 5.56 Å². The molecule has 0 aliphatic rings. The van der Waals surface area contributed by atoms with Crippen LogP contribution < -0.4 is 0 Å². The molecule has 15 heavy (non-hydrogen) atoms. The van der Waals surface area contributed by atoms with Crippen LogP contribution in [0.2, 0.25) is 0 Å².